The summed E-state index contributed by atoms with van der Waals surface area (Å²) < 4.78 is 39.5. The summed E-state index contributed by atoms with van der Waals surface area (Å²) in [6.45, 7) is 4.49. The molecule has 2 aliphatic rings. The van der Waals surface area contributed by atoms with Gasteiger partial charge in [0.15, 0.2) is 0 Å². The second kappa shape index (κ2) is 6.04. The number of sulfonamides is 1. The molecule has 118 valence electrons. The van der Waals surface area contributed by atoms with E-state index in [0.29, 0.717) is 26.4 Å². The lowest BCUT2D eigenvalue weighted by Gasteiger charge is -2.27. The van der Waals surface area contributed by atoms with Crippen LogP contribution in [0.25, 0.3) is 0 Å². The summed E-state index contributed by atoms with van der Waals surface area (Å²) in [6.07, 6.45) is 4.38. The summed E-state index contributed by atoms with van der Waals surface area (Å²) in [7, 11) is -3.28. The molecule has 2 aliphatic heterocycles. The highest BCUT2D eigenvalue weighted by Crippen LogP contribution is 2.33. The van der Waals surface area contributed by atoms with E-state index >= 15 is 0 Å². The van der Waals surface area contributed by atoms with Gasteiger partial charge in [0.1, 0.15) is 17.2 Å². The summed E-state index contributed by atoms with van der Waals surface area (Å²) in [5.41, 5.74) is 0. The Labute approximate surface area is 124 Å². The first-order valence-corrected chi connectivity index (χ1v) is 8.85. The molecule has 1 N–H and O–H groups in total. The maximum Gasteiger partial charge on any atom is 0.219 e. The number of rotatable bonds is 6. The molecule has 2 atom stereocenters. The molecule has 0 unspecified atom stereocenters. The van der Waals surface area contributed by atoms with Gasteiger partial charge in [0, 0.05) is 38.0 Å². The van der Waals surface area contributed by atoms with Crippen molar-refractivity contribution in [3.05, 3.63) is 18.2 Å². The van der Waals surface area contributed by atoms with Crippen LogP contribution in [0.2, 0.25) is 0 Å². The van der Waals surface area contributed by atoms with Gasteiger partial charge in [0.05, 0.1) is 13.2 Å². The van der Waals surface area contributed by atoms with Crippen molar-refractivity contribution in [3.8, 4) is 0 Å². The maximum absolute atomic E-state index is 12.0. The molecule has 0 bridgehead atoms. The Bertz CT molecular complexity index is 582. The molecule has 1 aromatic heterocycles. The number of hydrogen-bond acceptors (Lipinski definition) is 5. The molecule has 0 aliphatic carbocycles. The van der Waals surface area contributed by atoms with Crippen LogP contribution in [0.3, 0.4) is 0 Å². The van der Waals surface area contributed by atoms with Gasteiger partial charge in [-0.05, 0) is 13.3 Å². The van der Waals surface area contributed by atoms with E-state index in [-0.39, 0.29) is 12.0 Å². The van der Waals surface area contributed by atoms with Crippen molar-refractivity contribution >= 4 is 10.0 Å². The van der Waals surface area contributed by atoms with Crippen LogP contribution in [0.5, 0.6) is 0 Å². The molecule has 1 aromatic rings. The quantitative estimate of drug-likeness (QED) is 0.816. The van der Waals surface area contributed by atoms with Gasteiger partial charge < -0.3 is 14.0 Å². The highest BCUT2D eigenvalue weighted by atomic mass is 32.2. The zero-order valence-corrected chi connectivity index (χ0v) is 12.9. The summed E-state index contributed by atoms with van der Waals surface area (Å²) in [6, 6.07) is 0. The second-order valence-corrected chi connectivity index (χ2v) is 7.51. The summed E-state index contributed by atoms with van der Waals surface area (Å²) in [5.74, 6) is 1.000. The Hall–Kier alpha value is -0.960. The zero-order chi connectivity index (χ0) is 14.9. The first-order valence-electron chi connectivity index (χ1n) is 7.30. The molecule has 3 heterocycles. The van der Waals surface area contributed by atoms with Gasteiger partial charge in [-0.3, -0.25) is 0 Å². The van der Waals surface area contributed by atoms with Gasteiger partial charge >= 0.3 is 0 Å². The largest absolute Gasteiger partial charge is 0.378 e. The van der Waals surface area contributed by atoms with Crippen LogP contribution < -0.4 is 4.72 Å². The van der Waals surface area contributed by atoms with Crippen LogP contribution >= 0.6 is 0 Å². The number of nitrogens with one attached hydrogen (secondary N) is 1. The highest BCUT2D eigenvalue weighted by Gasteiger charge is 2.36. The molecule has 8 heteroatoms. The number of ether oxygens (including phenoxy) is 2. The van der Waals surface area contributed by atoms with Crippen LogP contribution in [0, 0.1) is 5.92 Å². The molecule has 3 rings (SSSR count). The van der Waals surface area contributed by atoms with Crippen molar-refractivity contribution < 1.29 is 17.9 Å². The van der Waals surface area contributed by atoms with E-state index in [0.717, 1.165) is 18.8 Å². The zero-order valence-electron chi connectivity index (χ0n) is 12.1. The summed E-state index contributed by atoms with van der Waals surface area (Å²) in [5, 5.41) is -0.407. The molecule has 2 saturated heterocycles. The number of imidazole rings is 1. The van der Waals surface area contributed by atoms with Crippen molar-refractivity contribution in [1.29, 1.82) is 0 Å². The third kappa shape index (κ3) is 2.98. The average molecular weight is 315 g/mol. The molecule has 7 nitrogen and oxygen atoms in total. The molecular formula is C13H21N3O4S. The van der Waals surface area contributed by atoms with Crippen LogP contribution in [0.4, 0.5) is 0 Å². The first kappa shape index (κ1) is 15.0. The normalized spacial score (nSPS) is 26.9. The van der Waals surface area contributed by atoms with Gasteiger partial charge in [-0.1, -0.05) is 0 Å². The van der Waals surface area contributed by atoms with Gasteiger partial charge in [0.25, 0.3) is 0 Å². The number of nitrogens with zero attached hydrogens (tertiary/aromatic N) is 2. The van der Waals surface area contributed by atoms with E-state index in [1.807, 2.05) is 10.8 Å². The third-order valence-corrected chi connectivity index (χ3v) is 5.87. The Morgan fingerprint density at radius 2 is 2.29 bits per heavy atom. The topological polar surface area (TPSA) is 82.5 Å². The standard InChI is InChI=1S/C13H21N3O4S/c1-2-16-5-4-14-13(16)12-10(3-6-20-12)7-15-21(17,18)11-8-19-9-11/h4-5,10-12,15H,2-3,6-9H2,1H3/t10-,12+/m0/s1. The smallest absolute Gasteiger partial charge is 0.219 e. The van der Waals surface area contributed by atoms with Crippen molar-refractivity contribution in [2.45, 2.75) is 31.2 Å². The van der Waals surface area contributed by atoms with Crippen LogP contribution in [0.1, 0.15) is 25.3 Å². The van der Waals surface area contributed by atoms with Crippen molar-refractivity contribution in [3.63, 3.8) is 0 Å². The maximum atomic E-state index is 12.0. The minimum absolute atomic E-state index is 0.119. The lowest BCUT2D eigenvalue weighted by atomic mass is 10.0. The van der Waals surface area contributed by atoms with E-state index in [4.69, 9.17) is 9.47 Å². The Balaban J connectivity index is 1.65. The molecule has 0 radical (unpaired) electrons. The van der Waals surface area contributed by atoms with Gasteiger partial charge in [-0.2, -0.15) is 0 Å². The lowest BCUT2D eigenvalue weighted by Crippen LogP contribution is -2.48. The second-order valence-electron chi connectivity index (χ2n) is 5.46. The number of aryl methyl sites for hydroxylation is 1. The van der Waals surface area contributed by atoms with Crippen LogP contribution in [-0.4, -0.2) is 49.6 Å². The Morgan fingerprint density at radius 3 is 2.95 bits per heavy atom. The van der Waals surface area contributed by atoms with E-state index in [1.165, 1.54) is 0 Å². The van der Waals surface area contributed by atoms with Crippen LogP contribution in [-0.2, 0) is 26.0 Å². The molecule has 0 spiro atoms. The van der Waals surface area contributed by atoms with Crippen LogP contribution in [0.15, 0.2) is 12.4 Å². The monoisotopic (exact) mass is 315 g/mol. The third-order valence-electron chi connectivity index (χ3n) is 4.15. The number of hydrogen-bond donors (Lipinski definition) is 1. The van der Waals surface area contributed by atoms with Gasteiger partial charge in [-0.15, -0.1) is 0 Å². The molecule has 0 amide bonds. The molecule has 2 fully saturated rings. The van der Waals surface area contributed by atoms with E-state index in [9.17, 15) is 8.42 Å². The van der Waals surface area contributed by atoms with Crippen molar-refractivity contribution in [2.75, 3.05) is 26.4 Å². The molecular weight excluding hydrogens is 294 g/mol. The number of aromatic nitrogens is 2. The summed E-state index contributed by atoms with van der Waals surface area (Å²) >= 11 is 0. The minimum atomic E-state index is -3.28. The highest BCUT2D eigenvalue weighted by molar-refractivity contribution is 7.90. The molecule has 0 saturated carbocycles. The molecule has 0 aromatic carbocycles. The molecule has 21 heavy (non-hydrogen) atoms. The van der Waals surface area contributed by atoms with Gasteiger partial charge in [0.2, 0.25) is 10.0 Å². The van der Waals surface area contributed by atoms with E-state index in [1.54, 1.807) is 6.20 Å². The Kier molecular flexibility index (Phi) is 4.30. The van der Waals surface area contributed by atoms with E-state index < -0.39 is 15.3 Å². The SMILES string of the molecule is CCn1ccnc1[C@@H]1OCC[C@H]1CNS(=O)(=O)C1COC1. The fourth-order valence-electron chi connectivity index (χ4n) is 2.71. The lowest BCUT2D eigenvalue weighted by molar-refractivity contribution is 0.0409. The van der Waals surface area contributed by atoms with E-state index in [2.05, 4.69) is 16.6 Å². The predicted octanol–water partition coefficient (Wildman–Crippen LogP) is 0.299. The predicted molar refractivity (Wildman–Crippen MR) is 76.2 cm³/mol. The Morgan fingerprint density at radius 1 is 1.48 bits per heavy atom. The van der Waals surface area contributed by atoms with Gasteiger partial charge in [-0.25, -0.2) is 18.1 Å². The van der Waals surface area contributed by atoms with Crippen molar-refractivity contribution in [2.24, 2.45) is 5.92 Å². The van der Waals surface area contributed by atoms with Crippen molar-refractivity contribution in [1.82, 2.24) is 14.3 Å². The fourth-order valence-corrected chi connectivity index (χ4v) is 3.94. The summed E-state index contributed by atoms with van der Waals surface area (Å²) in [4.78, 5) is 4.37. The first-order chi connectivity index (χ1) is 10.1. The fraction of sp³-hybridized carbons (Fsp3) is 0.769. The average Bonchev–Trinajstić information content (AvgIpc) is 3.01. The minimum Gasteiger partial charge on any atom is -0.378 e.